The van der Waals surface area contributed by atoms with Gasteiger partial charge in [0, 0.05) is 16.7 Å². The molecule has 1 aromatic carbocycles. The van der Waals surface area contributed by atoms with Gasteiger partial charge in [-0.05, 0) is 43.1 Å². The fourth-order valence-electron chi connectivity index (χ4n) is 2.88. The Morgan fingerprint density at radius 3 is 2.58 bits per heavy atom. The predicted octanol–water partition coefficient (Wildman–Crippen LogP) is 4.48. The van der Waals surface area contributed by atoms with Crippen LogP contribution in [0.2, 0.25) is 0 Å². The first-order valence-electron chi connectivity index (χ1n) is 7.39. The Labute approximate surface area is 120 Å². The van der Waals surface area contributed by atoms with E-state index in [2.05, 4.69) is 12.2 Å². The van der Waals surface area contributed by atoms with Crippen molar-refractivity contribution in [2.45, 2.75) is 50.0 Å². The Hall–Kier alpha value is -0.540. The number of rotatable bonds is 7. The highest BCUT2D eigenvalue weighted by molar-refractivity contribution is 7.99. The molecule has 1 saturated carbocycles. The fraction of sp³-hybridized carbons (Fsp3) is 0.625. The molecule has 2 rings (SSSR count). The summed E-state index contributed by atoms with van der Waals surface area (Å²) in [6, 6.07) is 7.42. The lowest BCUT2D eigenvalue weighted by atomic mass is 9.99. The van der Waals surface area contributed by atoms with E-state index in [0.717, 1.165) is 23.1 Å². The Balaban J connectivity index is 1.80. The minimum atomic E-state index is -0.154. The molecule has 1 fully saturated rings. The highest BCUT2D eigenvalue weighted by Gasteiger charge is 2.19. The summed E-state index contributed by atoms with van der Waals surface area (Å²) < 4.78 is 12.9. The van der Waals surface area contributed by atoms with E-state index in [-0.39, 0.29) is 5.82 Å². The SMILES string of the molecule is CCNC(CSc1ccc(F)cc1)CC1CCCC1. The summed E-state index contributed by atoms with van der Waals surface area (Å²) in [4.78, 5) is 1.16. The third kappa shape index (κ3) is 5.15. The standard InChI is InChI=1S/C16H24FNS/c1-2-18-15(11-13-5-3-4-6-13)12-19-16-9-7-14(17)8-10-16/h7-10,13,15,18H,2-6,11-12H2,1H3. The van der Waals surface area contributed by atoms with Gasteiger partial charge >= 0.3 is 0 Å². The van der Waals surface area contributed by atoms with Gasteiger partial charge in [0.05, 0.1) is 0 Å². The fourth-order valence-corrected chi connectivity index (χ4v) is 3.85. The van der Waals surface area contributed by atoms with Crippen LogP contribution in [0.1, 0.15) is 39.0 Å². The van der Waals surface area contributed by atoms with Crippen LogP contribution >= 0.6 is 11.8 Å². The second kappa shape index (κ2) is 7.91. The number of hydrogen-bond donors (Lipinski definition) is 1. The van der Waals surface area contributed by atoms with Crippen LogP contribution in [0.5, 0.6) is 0 Å². The number of nitrogens with one attached hydrogen (secondary N) is 1. The maximum absolute atomic E-state index is 12.9. The van der Waals surface area contributed by atoms with Crippen LogP contribution in [0.4, 0.5) is 4.39 Å². The van der Waals surface area contributed by atoms with Gasteiger partial charge in [-0.1, -0.05) is 32.6 Å². The second-order valence-electron chi connectivity index (χ2n) is 5.41. The third-order valence-corrected chi connectivity index (χ3v) is 5.02. The molecule has 0 aliphatic heterocycles. The van der Waals surface area contributed by atoms with Crippen LogP contribution < -0.4 is 5.32 Å². The Bertz CT molecular complexity index is 360. The molecule has 1 aromatic rings. The van der Waals surface area contributed by atoms with Crippen LogP contribution in [0.25, 0.3) is 0 Å². The van der Waals surface area contributed by atoms with E-state index in [0.29, 0.717) is 6.04 Å². The van der Waals surface area contributed by atoms with Crippen molar-refractivity contribution in [1.82, 2.24) is 5.32 Å². The van der Waals surface area contributed by atoms with Crippen molar-refractivity contribution in [2.24, 2.45) is 5.92 Å². The van der Waals surface area contributed by atoms with Crippen LogP contribution in [0, 0.1) is 11.7 Å². The van der Waals surface area contributed by atoms with Crippen molar-refractivity contribution < 1.29 is 4.39 Å². The summed E-state index contributed by atoms with van der Waals surface area (Å²) in [6.07, 6.45) is 6.93. The minimum absolute atomic E-state index is 0.154. The predicted molar refractivity (Wildman–Crippen MR) is 81.2 cm³/mol. The van der Waals surface area contributed by atoms with Crippen molar-refractivity contribution in [1.29, 1.82) is 0 Å². The number of halogens is 1. The molecule has 0 spiro atoms. The van der Waals surface area contributed by atoms with Crippen molar-refractivity contribution in [2.75, 3.05) is 12.3 Å². The number of thioether (sulfide) groups is 1. The Morgan fingerprint density at radius 1 is 1.26 bits per heavy atom. The molecule has 0 bridgehead atoms. The van der Waals surface area contributed by atoms with Gasteiger partial charge in [0.15, 0.2) is 0 Å². The van der Waals surface area contributed by atoms with Gasteiger partial charge in [-0.3, -0.25) is 0 Å². The van der Waals surface area contributed by atoms with Gasteiger partial charge < -0.3 is 5.32 Å². The molecule has 0 aromatic heterocycles. The van der Waals surface area contributed by atoms with Crippen LogP contribution in [0.15, 0.2) is 29.2 Å². The zero-order valence-electron chi connectivity index (χ0n) is 11.7. The molecule has 0 saturated heterocycles. The van der Waals surface area contributed by atoms with E-state index in [1.54, 1.807) is 12.1 Å². The second-order valence-corrected chi connectivity index (χ2v) is 6.50. The van der Waals surface area contributed by atoms with Crippen molar-refractivity contribution in [3.63, 3.8) is 0 Å². The van der Waals surface area contributed by atoms with Crippen LogP contribution in [0.3, 0.4) is 0 Å². The van der Waals surface area contributed by atoms with Crippen molar-refractivity contribution >= 4 is 11.8 Å². The monoisotopic (exact) mass is 281 g/mol. The maximum atomic E-state index is 12.9. The van der Waals surface area contributed by atoms with E-state index in [9.17, 15) is 4.39 Å². The van der Waals surface area contributed by atoms with Crippen LogP contribution in [-0.4, -0.2) is 18.3 Å². The average molecular weight is 281 g/mol. The Morgan fingerprint density at radius 2 is 1.95 bits per heavy atom. The van der Waals surface area contributed by atoms with Crippen LogP contribution in [-0.2, 0) is 0 Å². The molecule has 1 atom stereocenters. The third-order valence-electron chi connectivity index (χ3n) is 3.85. The van der Waals surface area contributed by atoms with Gasteiger partial charge in [0.2, 0.25) is 0 Å². The normalized spacial score (nSPS) is 17.8. The van der Waals surface area contributed by atoms with E-state index < -0.39 is 0 Å². The number of hydrogen-bond acceptors (Lipinski definition) is 2. The van der Waals surface area contributed by atoms with E-state index in [1.165, 1.54) is 32.1 Å². The maximum Gasteiger partial charge on any atom is 0.123 e. The summed E-state index contributed by atoms with van der Waals surface area (Å²) in [5, 5.41) is 3.60. The lowest BCUT2D eigenvalue weighted by Crippen LogP contribution is -2.32. The van der Waals surface area contributed by atoms with E-state index in [1.807, 2.05) is 23.9 Å². The van der Waals surface area contributed by atoms with Gasteiger partial charge in [0.1, 0.15) is 5.82 Å². The lowest BCUT2D eigenvalue weighted by Gasteiger charge is -2.21. The molecule has 1 N–H and O–H groups in total. The molecular formula is C16H24FNS. The molecule has 0 amide bonds. The summed E-state index contributed by atoms with van der Waals surface area (Å²) in [7, 11) is 0. The summed E-state index contributed by atoms with van der Waals surface area (Å²) >= 11 is 1.83. The molecule has 3 heteroatoms. The van der Waals surface area contributed by atoms with Gasteiger partial charge in [-0.2, -0.15) is 0 Å². The summed E-state index contributed by atoms with van der Waals surface area (Å²) in [6.45, 7) is 3.20. The minimum Gasteiger partial charge on any atom is -0.313 e. The zero-order valence-corrected chi connectivity index (χ0v) is 12.5. The highest BCUT2D eigenvalue weighted by atomic mass is 32.2. The topological polar surface area (TPSA) is 12.0 Å². The largest absolute Gasteiger partial charge is 0.313 e. The molecule has 1 aliphatic rings. The molecule has 19 heavy (non-hydrogen) atoms. The zero-order chi connectivity index (χ0) is 13.5. The first-order chi connectivity index (χ1) is 9.28. The van der Waals surface area contributed by atoms with Gasteiger partial charge in [-0.15, -0.1) is 11.8 Å². The molecule has 1 nitrogen and oxygen atoms in total. The summed E-state index contributed by atoms with van der Waals surface area (Å²) in [5.74, 6) is 1.84. The molecule has 106 valence electrons. The molecule has 0 heterocycles. The van der Waals surface area contributed by atoms with E-state index >= 15 is 0 Å². The van der Waals surface area contributed by atoms with Gasteiger partial charge in [0.25, 0.3) is 0 Å². The highest BCUT2D eigenvalue weighted by Crippen LogP contribution is 2.30. The molecule has 1 unspecified atom stereocenters. The van der Waals surface area contributed by atoms with Crippen molar-refractivity contribution in [3.05, 3.63) is 30.1 Å². The Kier molecular flexibility index (Phi) is 6.18. The first-order valence-corrected chi connectivity index (χ1v) is 8.38. The smallest absolute Gasteiger partial charge is 0.123 e. The van der Waals surface area contributed by atoms with E-state index in [4.69, 9.17) is 0 Å². The lowest BCUT2D eigenvalue weighted by molar-refractivity contribution is 0.415. The summed E-state index contributed by atoms with van der Waals surface area (Å²) in [5.41, 5.74) is 0. The van der Waals surface area contributed by atoms with Gasteiger partial charge in [-0.25, -0.2) is 4.39 Å². The van der Waals surface area contributed by atoms with Crippen molar-refractivity contribution in [3.8, 4) is 0 Å². The molecular weight excluding hydrogens is 257 g/mol. The first kappa shape index (κ1) is 14.9. The molecule has 1 aliphatic carbocycles. The molecule has 0 radical (unpaired) electrons. The average Bonchev–Trinajstić information content (AvgIpc) is 2.91. The number of benzene rings is 1. The quantitative estimate of drug-likeness (QED) is 0.740.